The molecule has 2 N–H and O–H groups in total. The van der Waals surface area contributed by atoms with E-state index in [1.54, 1.807) is 0 Å². The smallest absolute Gasteiger partial charge is 0.217 e. The van der Waals surface area contributed by atoms with E-state index in [0.29, 0.717) is 36.7 Å². The fourth-order valence-corrected chi connectivity index (χ4v) is 2.48. The van der Waals surface area contributed by atoms with Gasteiger partial charge in [0, 0.05) is 25.3 Å². The molecule has 0 saturated heterocycles. The first-order valence-electron chi connectivity index (χ1n) is 6.11. The lowest BCUT2D eigenvalue weighted by Crippen LogP contribution is -2.12. The van der Waals surface area contributed by atoms with Gasteiger partial charge < -0.3 is 10.3 Å². The van der Waals surface area contributed by atoms with Crippen LogP contribution in [0.15, 0.2) is 18.2 Å². The number of halogens is 2. The monoisotopic (exact) mass is 299 g/mol. The first kappa shape index (κ1) is 14.2. The lowest BCUT2D eigenvalue weighted by atomic mass is 10.2. The molecular weight excluding hydrogens is 285 g/mol. The van der Waals surface area contributed by atoms with Gasteiger partial charge in [0.25, 0.3) is 0 Å². The second kappa shape index (κ2) is 6.26. The molecule has 1 amide bonds. The second-order valence-electron chi connectivity index (χ2n) is 4.30. The van der Waals surface area contributed by atoms with Gasteiger partial charge in [-0.05, 0) is 18.6 Å². The molecule has 1 aromatic carbocycles. The summed E-state index contributed by atoms with van der Waals surface area (Å²) in [4.78, 5) is 15.3. The predicted molar refractivity (Wildman–Crippen MR) is 77.6 cm³/mol. The topological polar surface area (TPSA) is 60.9 Å². The zero-order valence-corrected chi connectivity index (χ0v) is 11.9. The van der Waals surface area contributed by atoms with Gasteiger partial charge in [0.05, 0.1) is 10.5 Å². The van der Waals surface area contributed by atoms with Crippen molar-refractivity contribution in [3.05, 3.63) is 29.0 Å². The van der Waals surface area contributed by atoms with Crippen LogP contribution in [0.25, 0.3) is 11.0 Å². The lowest BCUT2D eigenvalue weighted by Gasteiger charge is -2.07. The molecule has 6 heteroatoms. The summed E-state index contributed by atoms with van der Waals surface area (Å²) in [5, 5.41) is 0.627. The number of aromatic nitrogens is 2. The maximum Gasteiger partial charge on any atom is 0.217 e. The normalized spacial score (nSPS) is 11.1. The number of para-hydroxylation sites is 1. The Balaban J connectivity index is 2.35. The number of imidazole rings is 1. The van der Waals surface area contributed by atoms with Crippen molar-refractivity contribution in [2.45, 2.75) is 25.8 Å². The third-order valence-electron chi connectivity index (χ3n) is 2.93. The van der Waals surface area contributed by atoms with Crippen molar-refractivity contribution in [3.8, 4) is 0 Å². The minimum absolute atomic E-state index is 0.290. The van der Waals surface area contributed by atoms with E-state index in [0.717, 1.165) is 16.9 Å². The molecule has 0 fully saturated rings. The molecule has 0 spiro atoms. The molecular formula is C13H15Cl2N3O. The number of alkyl halides is 1. The first-order valence-corrected chi connectivity index (χ1v) is 7.02. The highest BCUT2D eigenvalue weighted by Crippen LogP contribution is 2.24. The highest BCUT2D eigenvalue weighted by molar-refractivity contribution is 6.34. The van der Waals surface area contributed by atoms with E-state index in [4.69, 9.17) is 28.9 Å². The summed E-state index contributed by atoms with van der Waals surface area (Å²) in [7, 11) is 0. The van der Waals surface area contributed by atoms with Crippen LogP contribution < -0.4 is 5.73 Å². The zero-order chi connectivity index (χ0) is 13.8. The van der Waals surface area contributed by atoms with E-state index in [1.807, 2.05) is 18.2 Å². The number of primary amides is 1. The first-order chi connectivity index (χ1) is 9.13. The van der Waals surface area contributed by atoms with Crippen LogP contribution in [0.4, 0.5) is 0 Å². The SMILES string of the molecule is NC(=O)CCCn1c(CCCl)nc2c(Cl)cccc21. The van der Waals surface area contributed by atoms with Crippen LogP contribution >= 0.6 is 23.2 Å². The molecule has 1 aromatic heterocycles. The van der Waals surface area contributed by atoms with Gasteiger partial charge in [-0.2, -0.15) is 0 Å². The molecule has 4 nitrogen and oxygen atoms in total. The second-order valence-corrected chi connectivity index (χ2v) is 5.08. The number of benzene rings is 1. The Morgan fingerprint density at radius 3 is 2.89 bits per heavy atom. The fraction of sp³-hybridized carbons (Fsp3) is 0.385. The maximum atomic E-state index is 10.8. The number of nitrogens with two attached hydrogens (primary N) is 1. The van der Waals surface area contributed by atoms with E-state index in [2.05, 4.69) is 9.55 Å². The summed E-state index contributed by atoms with van der Waals surface area (Å²) < 4.78 is 2.06. The summed E-state index contributed by atoms with van der Waals surface area (Å²) in [6.07, 6.45) is 1.71. The van der Waals surface area contributed by atoms with Crippen LogP contribution in [0, 0.1) is 0 Å². The van der Waals surface area contributed by atoms with Crippen molar-refractivity contribution in [1.82, 2.24) is 9.55 Å². The van der Waals surface area contributed by atoms with Crippen LogP contribution in [0.1, 0.15) is 18.7 Å². The van der Waals surface area contributed by atoms with Crippen molar-refractivity contribution >= 4 is 40.1 Å². The Morgan fingerprint density at radius 1 is 1.42 bits per heavy atom. The average Bonchev–Trinajstić information content (AvgIpc) is 2.70. The third-order valence-corrected chi connectivity index (χ3v) is 3.43. The van der Waals surface area contributed by atoms with Crippen molar-refractivity contribution < 1.29 is 4.79 Å². The Hall–Kier alpha value is -1.26. The molecule has 0 radical (unpaired) electrons. The van der Waals surface area contributed by atoms with E-state index in [-0.39, 0.29) is 5.91 Å². The van der Waals surface area contributed by atoms with Gasteiger partial charge in [-0.1, -0.05) is 17.7 Å². The van der Waals surface area contributed by atoms with Crippen LogP contribution in [0.2, 0.25) is 5.02 Å². The summed E-state index contributed by atoms with van der Waals surface area (Å²) in [5.74, 6) is 1.10. The van der Waals surface area contributed by atoms with Gasteiger partial charge in [-0.3, -0.25) is 4.79 Å². The van der Waals surface area contributed by atoms with Crippen molar-refractivity contribution in [2.24, 2.45) is 5.73 Å². The van der Waals surface area contributed by atoms with Gasteiger partial charge in [0.1, 0.15) is 11.3 Å². The molecule has 1 heterocycles. The summed E-state index contributed by atoms with van der Waals surface area (Å²) in [6, 6.07) is 5.67. The number of carbonyl (C=O) groups is 1. The number of hydrogen-bond donors (Lipinski definition) is 1. The van der Waals surface area contributed by atoms with Gasteiger partial charge in [0.2, 0.25) is 5.91 Å². The highest BCUT2D eigenvalue weighted by atomic mass is 35.5. The Bertz CT molecular complexity index is 595. The number of carbonyl (C=O) groups excluding carboxylic acids is 1. The van der Waals surface area contributed by atoms with Gasteiger partial charge in [-0.15, -0.1) is 11.6 Å². The van der Waals surface area contributed by atoms with Crippen LogP contribution in [0.3, 0.4) is 0 Å². The van der Waals surface area contributed by atoms with E-state index in [1.165, 1.54) is 0 Å². The number of amides is 1. The van der Waals surface area contributed by atoms with Gasteiger partial charge in [0.15, 0.2) is 0 Å². The van der Waals surface area contributed by atoms with Gasteiger partial charge in [-0.25, -0.2) is 4.98 Å². The molecule has 19 heavy (non-hydrogen) atoms. The van der Waals surface area contributed by atoms with Crippen LogP contribution in [0.5, 0.6) is 0 Å². The minimum Gasteiger partial charge on any atom is -0.370 e. The molecule has 0 aliphatic carbocycles. The molecule has 2 rings (SSSR count). The summed E-state index contributed by atoms with van der Waals surface area (Å²) in [6.45, 7) is 0.687. The number of rotatable bonds is 6. The van der Waals surface area contributed by atoms with E-state index in [9.17, 15) is 4.79 Å². The highest BCUT2D eigenvalue weighted by Gasteiger charge is 2.12. The Morgan fingerprint density at radius 2 is 2.21 bits per heavy atom. The molecule has 0 unspecified atom stereocenters. The Labute approximate surface area is 121 Å². The van der Waals surface area contributed by atoms with Gasteiger partial charge >= 0.3 is 0 Å². The predicted octanol–water partition coefficient (Wildman–Crippen LogP) is 2.74. The molecule has 0 bridgehead atoms. The van der Waals surface area contributed by atoms with Crippen molar-refractivity contribution in [3.63, 3.8) is 0 Å². The quantitative estimate of drug-likeness (QED) is 0.834. The van der Waals surface area contributed by atoms with E-state index >= 15 is 0 Å². The van der Waals surface area contributed by atoms with Crippen LogP contribution in [-0.4, -0.2) is 21.3 Å². The van der Waals surface area contributed by atoms with Crippen molar-refractivity contribution in [2.75, 3.05) is 5.88 Å². The maximum absolute atomic E-state index is 10.8. The molecule has 0 saturated carbocycles. The zero-order valence-electron chi connectivity index (χ0n) is 10.4. The number of aryl methyl sites for hydroxylation is 2. The third kappa shape index (κ3) is 3.19. The molecule has 0 aliphatic rings. The average molecular weight is 300 g/mol. The Kier molecular flexibility index (Phi) is 4.66. The minimum atomic E-state index is -0.290. The number of nitrogens with zero attached hydrogens (tertiary/aromatic N) is 2. The van der Waals surface area contributed by atoms with Crippen LogP contribution in [-0.2, 0) is 17.8 Å². The largest absolute Gasteiger partial charge is 0.370 e. The molecule has 2 aromatic rings. The standard InChI is InChI=1S/C13H15Cl2N3O/c14-7-6-12-17-13-9(15)3-1-4-10(13)18(12)8-2-5-11(16)19/h1,3-4H,2,5-8H2,(H2,16,19). The number of fused-ring (bicyclic) bond motifs is 1. The van der Waals surface area contributed by atoms with Crippen molar-refractivity contribution in [1.29, 1.82) is 0 Å². The fourth-order valence-electron chi connectivity index (χ4n) is 2.10. The lowest BCUT2D eigenvalue weighted by molar-refractivity contribution is -0.118. The molecule has 0 aliphatic heterocycles. The van der Waals surface area contributed by atoms with E-state index < -0.39 is 0 Å². The number of hydrogen-bond acceptors (Lipinski definition) is 2. The molecule has 102 valence electrons. The molecule has 0 atom stereocenters. The summed E-state index contributed by atoms with van der Waals surface area (Å²) >= 11 is 11.9. The summed E-state index contributed by atoms with van der Waals surface area (Å²) in [5.41, 5.74) is 6.91.